The third-order valence-corrected chi connectivity index (χ3v) is 3.31. The molecule has 0 aliphatic carbocycles. The van der Waals surface area contributed by atoms with Gasteiger partial charge < -0.3 is 4.90 Å². The second kappa shape index (κ2) is 5.78. The van der Waals surface area contributed by atoms with Crippen molar-refractivity contribution in [3.63, 3.8) is 0 Å². The number of nitrogens with zero attached hydrogens (tertiary/aromatic N) is 2. The van der Waals surface area contributed by atoms with Gasteiger partial charge in [-0.05, 0) is 31.9 Å². The zero-order valence-electron chi connectivity index (χ0n) is 10.6. The Labute approximate surface area is 107 Å². The Kier molecular flexibility index (Phi) is 4.10. The summed E-state index contributed by atoms with van der Waals surface area (Å²) >= 11 is 0. The van der Waals surface area contributed by atoms with E-state index in [1.165, 1.54) is 5.57 Å². The molecule has 1 heterocycles. The number of rotatable bonds is 3. The Morgan fingerprint density at radius 1 is 1.39 bits per heavy atom. The summed E-state index contributed by atoms with van der Waals surface area (Å²) in [5.41, 5.74) is 2.60. The number of hydrogen-bond donors (Lipinski definition) is 0. The molecule has 1 aromatic carbocycles. The van der Waals surface area contributed by atoms with Gasteiger partial charge in [-0.25, -0.2) is 0 Å². The topological polar surface area (TPSA) is 46.4 Å². The van der Waals surface area contributed by atoms with Crippen LogP contribution in [0.3, 0.4) is 0 Å². The van der Waals surface area contributed by atoms with Gasteiger partial charge in [-0.1, -0.05) is 23.8 Å². The molecule has 0 aromatic heterocycles. The molecule has 0 spiro atoms. The summed E-state index contributed by atoms with van der Waals surface area (Å²) in [5, 5.41) is 10.7. The Morgan fingerprint density at radius 3 is 3.00 bits per heavy atom. The Hall–Kier alpha value is -1.68. The minimum Gasteiger partial charge on any atom is -0.306 e. The molecule has 0 amide bonds. The minimum atomic E-state index is -0.335. The van der Waals surface area contributed by atoms with Crippen molar-refractivity contribution in [3.8, 4) is 0 Å². The molecule has 0 unspecified atom stereocenters. The molecule has 1 aliphatic heterocycles. The average Bonchev–Trinajstić information content (AvgIpc) is 2.55. The molecule has 0 saturated carbocycles. The molecule has 0 fully saturated rings. The van der Waals surface area contributed by atoms with Crippen LogP contribution in [0.4, 0.5) is 5.69 Å². The largest absolute Gasteiger partial charge is 0.306 e. The normalized spacial score (nSPS) is 17.1. The van der Waals surface area contributed by atoms with E-state index in [-0.39, 0.29) is 10.6 Å². The van der Waals surface area contributed by atoms with Crippen molar-refractivity contribution in [1.29, 1.82) is 0 Å². The molecule has 0 radical (unpaired) electrons. The van der Waals surface area contributed by atoms with E-state index < -0.39 is 0 Å². The van der Waals surface area contributed by atoms with Gasteiger partial charge in [-0.3, -0.25) is 10.1 Å². The fourth-order valence-corrected chi connectivity index (χ4v) is 2.24. The number of non-ortho nitro benzene ring substituents is 1. The lowest BCUT2D eigenvalue weighted by molar-refractivity contribution is -0.384. The number of hydrogen-bond acceptors (Lipinski definition) is 3. The molecule has 96 valence electrons. The van der Waals surface area contributed by atoms with Gasteiger partial charge in [0, 0.05) is 25.2 Å². The van der Waals surface area contributed by atoms with Crippen LogP contribution in [0.2, 0.25) is 0 Å². The van der Waals surface area contributed by atoms with Gasteiger partial charge in [-0.15, -0.1) is 0 Å². The van der Waals surface area contributed by atoms with E-state index in [0.29, 0.717) is 0 Å². The molecule has 1 aromatic rings. The molecule has 4 nitrogen and oxygen atoms in total. The average molecular weight is 246 g/mol. The van der Waals surface area contributed by atoms with Gasteiger partial charge in [0.25, 0.3) is 5.69 Å². The molecule has 1 aliphatic rings. The van der Waals surface area contributed by atoms with E-state index in [1.54, 1.807) is 18.2 Å². The molecule has 0 saturated heterocycles. The zero-order chi connectivity index (χ0) is 13.0. The fourth-order valence-electron chi connectivity index (χ4n) is 2.24. The summed E-state index contributed by atoms with van der Waals surface area (Å²) in [4.78, 5) is 12.7. The summed E-state index contributed by atoms with van der Waals surface area (Å²) < 4.78 is 0. The Morgan fingerprint density at radius 2 is 2.22 bits per heavy atom. The lowest BCUT2D eigenvalue weighted by Crippen LogP contribution is -2.18. The highest BCUT2D eigenvalue weighted by Crippen LogP contribution is 2.19. The van der Waals surface area contributed by atoms with Crippen LogP contribution in [-0.2, 0) is 6.42 Å². The lowest BCUT2D eigenvalue weighted by atomic mass is 10.0. The predicted molar refractivity (Wildman–Crippen MR) is 71.6 cm³/mol. The highest BCUT2D eigenvalue weighted by molar-refractivity contribution is 5.36. The quantitative estimate of drug-likeness (QED) is 0.468. The van der Waals surface area contributed by atoms with Crippen molar-refractivity contribution in [2.45, 2.75) is 19.3 Å². The molecular weight excluding hydrogens is 228 g/mol. The van der Waals surface area contributed by atoms with E-state index in [4.69, 9.17) is 0 Å². The van der Waals surface area contributed by atoms with E-state index >= 15 is 0 Å². The van der Waals surface area contributed by atoms with Gasteiger partial charge >= 0.3 is 0 Å². The predicted octanol–water partition coefficient (Wildman–Crippen LogP) is 2.79. The third kappa shape index (κ3) is 3.40. The van der Waals surface area contributed by atoms with Gasteiger partial charge in [0.1, 0.15) is 0 Å². The van der Waals surface area contributed by atoms with Crippen LogP contribution < -0.4 is 0 Å². The Bertz CT molecular complexity index is 469. The monoisotopic (exact) mass is 246 g/mol. The molecule has 2 rings (SSSR count). The van der Waals surface area contributed by atoms with E-state index in [0.717, 1.165) is 37.9 Å². The summed E-state index contributed by atoms with van der Waals surface area (Å²) in [7, 11) is 2.13. The number of nitro groups is 1. The highest BCUT2D eigenvalue weighted by atomic mass is 16.6. The molecular formula is C14H18N2O2. The van der Waals surface area contributed by atoms with Crippen LogP contribution in [0.1, 0.15) is 18.4 Å². The first-order valence-electron chi connectivity index (χ1n) is 6.25. The van der Waals surface area contributed by atoms with Crippen molar-refractivity contribution in [1.82, 2.24) is 4.90 Å². The molecule has 18 heavy (non-hydrogen) atoms. The van der Waals surface area contributed by atoms with Gasteiger partial charge in [0.2, 0.25) is 0 Å². The highest BCUT2D eigenvalue weighted by Gasteiger charge is 2.10. The summed E-state index contributed by atoms with van der Waals surface area (Å²) in [5.74, 6) is 0. The first-order chi connectivity index (χ1) is 8.65. The van der Waals surface area contributed by atoms with Crippen LogP contribution in [0.15, 0.2) is 35.9 Å². The van der Waals surface area contributed by atoms with Gasteiger partial charge in [0.05, 0.1) is 4.92 Å². The van der Waals surface area contributed by atoms with Crippen LogP contribution in [0.25, 0.3) is 0 Å². The van der Waals surface area contributed by atoms with Crippen molar-refractivity contribution in [3.05, 3.63) is 51.6 Å². The molecule has 0 atom stereocenters. The van der Waals surface area contributed by atoms with Crippen LogP contribution in [0, 0.1) is 10.1 Å². The summed E-state index contributed by atoms with van der Waals surface area (Å²) in [6.45, 7) is 2.17. The number of nitro benzene ring substituents is 1. The molecule has 4 heteroatoms. The fraction of sp³-hybridized carbons (Fsp3) is 0.429. The van der Waals surface area contributed by atoms with Crippen LogP contribution in [-0.4, -0.2) is 30.0 Å². The van der Waals surface area contributed by atoms with Crippen LogP contribution in [0.5, 0.6) is 0 Å². The SMILES string of the molecule is CN1CCC=C(Cc2cccc([N+](=O)[O-])c2)CC1. The second-order valence-electron chi connectivity index (χ2n) is 4.81. The maximum Gasteiger partial charge on any atom is 0.269 e. The summed E-state index contributed by atoms with van der Waals surface area (Å²) in [6.07, 6.45) is 5.23. The summed E-state index contributed by atoms with van der Waals surface area (Å²) in [6, 6.07) is 6.94. The minimum absolute atomic E-state index is 0.179. The third-order valence-electron chi connectivity index (χ3n) is 3.31. The molecule has 0 N–H and O–H groups in total. The first-order valence-corrected chi connectivity index (χ1v) is 6.25. The van der Waals surface area contributed by atoms with Gasteiger partial charge in [0.15, 0.2) is 0 Å². The van der Waals surface area contributed by atoms with E-state index in [9.17, 15) is 10.1 Å². The second-order valence-corrected chi connectivity index (χ2v) is 4.81. The van der Waals surface area contributed by atoms with Crippen LogP contribution >= 0.6 is 0 Å². The number of benzene rings is 1. The van der Waals surface area contributed by atoms with Gasteiger partial charge in [-0.2, -0.15) is 0 Å². The maximum absolute atomic E-state index is 10.7. The van der Waals surface area contributed by atoms with Crippen molar-refractivity contribution >= 4 is 5.69 Å². The smallest absolute Gasteiger partial charge is 0.269 e. The van der Waals surface area contributed by atoms with Crippen molar-refractivity contribution in [2.24, 2.45) is 0 Å². The first kappa shape index (κ1) is 12.8. The Balaban J connectivity index is 2.07. The standard InChI is InChI=1S/C14H18N2O2/c1-15-8-3-5-12(7-9-15)10-13-4-2-6-14(11-13)16(17)18/h2,4-6,11H,3,7-10H2,1H3. The van der Waals surface area contributed by atoms with Crippen molar-refractivity contribution in [2.75, 3.05) is 20.1 Å². The van der Waals surface area contributed by atoms with Crippen molar-refractivity contribution < 1.29 is 4.92 Å². The lowest BCUT2D eigenvalue weighted by Gasteiger charge is -2.12. The van der Waals surface area contributed by atoms with E-state index in [2.05, 4.69) is 18.0 Å². The zero-order valence-corrected chi connectivity index (χ0v) is 10.6. The maximum atomic E-state index is 10.7. The molecule has 0 bridgehead atoms. The van der Waals surface area contributed by atoms with E-state index in [1.807, 2.05) is 6.07 Å².